The molecule has 0 aromatic carbocycles. The number of carbonyl (C=O) groups excluding carboxylic acids is 1. The van der Waals surface area contributed by atoms with Crippen LogP contribution >= 0.6 is 0 Å². The van der Waals surface area contributed by atoms with Crippen molar-refractivity contribution in [2.24, 2.45) is 0 Å². The summed E-state index contributed by atoms with van der Waals surface area (Å²) in [5.41, 5.74) is 0. The number of ether oxygens (including phenoxy) is 1. The first-order chi connectivity index (χ1) is 6.66. The number of carbonyl (C=O) groups is 1. The molecule has 2 heteroatoms. The quantitative estimate of drug-likeness (QED) is 0.441. The topological polar surface area (TPSA) is 26.3 Å². The van der Waals surface area contributed by atoms with Gasteiger partial charge in [0.05, 0.1) is 6.10 Å². The third-order valence-electron chi connectivity index (χ3n) is 2.33. The van der Waals surface area contributed by atoms with Crippen molar-refractivity contribution in [3.8, 4) is 0 Å². The Morgan fingerprint density at radius 1 is 1.14 bits per heavy atom. The molecule has 0 aliphatic heterocycles. The summed E-state index contributed by atoms with van der Waals surface area (Å²) in [6.07, 6.45) is 8.86. The van der Waals surface area contributed by atoms with Crippen LogP contribution in [0.1, 0.15) is 65.7 Å². The van der Waals surface area contributed by atoms with Gasteiger partial charge in [-0.1, -0.05) is 39.0 Å². The monoisotopic (exact) mass is 200 g/mol. The molecule has 0 heterocycles. The summed E-state index contributed by atoms with van der Waals surface area (Å²) in [7, 11) is 0. The SMILES string of the molecule is CCCCCCCCC(C)OC(C)=O. The summed E-state index contributed by atoms with van der Waals surface area (Å²) in [5.74, 6) is -0.163. The van der Waals surface area contributed by atoms with Crippen molar-refractivity contribution < 1.29 is 9.53 Å². The third-order valence-corrected chi connectivity index (χ3v) is 2.33. The lowest BCUT2D eigenvalue weighted by atomic mass is 10.1. The zero-order valence-corrected chi connectivity index (χ0v) is 9.84. The number of unbranched alkanes of at least 4 members (excludes halogenated alkanes) is 5. The van der Waals surface area contributed by atoms with E-state index in [0.29, 0.717) is 0 Å². The van der Waals surface area contributed by atoms with E-state index in [4.69, 9.17) is 4.74 Å². The van der Waals surface area contributed by atoms with E-state index >= 15 is 0 Å². The fourth-order valence-electron chi connectivity index (χ4n) is 1.55. The van der Waals surface area contributed by atoms with E-state index in [1.165, 1.54) is 45.4 Å². The Morgan fingerprint density at radius 2 is 1.71 bits per heavy atom. The molecule has 2 nitrogen and oxygen atoms in total. The maximum Gasteiger partial charge on any atom is 0.302 e. The van der Waals surface area contributed by atoms with Crippen molar-refractivity contribution in [2.45, 2.75) is 71.8 Å². The number of hydrogen-bond acceptors (Lipinski definition) is 2. The molecule has 0 aliphatic carbocycles. The highest BCUT2D eigenvalue weighted by atomic mass is 16.5. The second-order valence-electron chi connectivity index (χ2n) is 3.98. The van der Waals surface area contributed by atoms with Crippen molar-refractivity contribution in [3.05, 3.63) is 0 Å². The van der Waals surface area contributed by atoms with Crippen LogP contribution in [0.15, 0.2) is 0 Å². The minimum absolute atomic E-state index is 0.0960. The van der Waals surface area contributed by atoms with Gasteiger partial charge in [0.15, 0.2) is 0 Å². The number of hydrogen-bond donors (Lipinski definition) is 0. The fourth-order valence-corrected chi connectivity index (χ4v) is 1.55. The van der Waals surface area contributed by atoms with Gasteiger partial charge >= 0.3 is 5.97 Å². The van der Waals surface area contributed by atoms with Crippen LogP contribution in [0.4, 0.5) is 0 Å². The van der Waals surface area contributed by atoms with Crippen LogP contribution in [0, 0.1) is 0 Å². The molecule has 0 spiro atoms. The molecule has 0 aromatic rings. The van der Waals surface area contributed by atoms with Crippen molar-refractivity contribution in [1.82, 2.24) is 0 Å². The predicted octanol–water partition coefficient (Wildman–Crippen LogP) is 3.69. The number of rotatable bonds is 8. The highest BCUT2D eigenvalue weighted by Gasteiger charge is 2.03. The summed E-state index contributed by atoms with van der Waals surface area (Å²) in [5, 5.41) is 0. The zero-order chi connectivity index (χ0) is 10.8. The largest absolute Gasteiger partial charge is 0.463 e. The van der Waals surface area contributed by atoms with E-state index < -0.39 is 0 Å². The Bertz CT molecular complexity index is 143. The average Bonchev–Trinajstić information content (AvgIpc) is 2.10. The molecule has 1 unspecified atom stereocenters. The summed E-state index contributed by atoms with van der Waals surface area (Å²) in [6, 6.07) is 0. The van der Waals surface area contributed by atoms with Gasteiger partial charge in [-0.3, -0.25) is 4.79 Å². The molecule has 84 valence electrons. The Kier molecular flexibility index (Phi) is 8.70. The lowest BCUT2D eigenvalue weighted by Gasteiger charge is -2.10. The van der Waals surface area contributed by atoms with Crippen LogP contribution in [-0.2, 0) is 9.53 Å². The highest BCUT2D eigenvalue weighted by molar-refractivity contribution is 5.66. The Hall–Kier alpha value is -0.530. The second kappa shape index (κ2) is 9.04. The smallest absolute Gasteiger partial charge is 0.302 e. The molecule has 1 atom stereocenters. The standard InChI is InChI=1S/C12H24O2/c1-4-5-6-7-8-9-10-11(2)14-12(3)13/h11H,4-10H2,1-3H3. The van der Waals surface area contributed by atoms with Crippen LogP contribution < -0.4 is 0 Å². The lowest BCUT2D eigenvalue weighted by Crippen LogP contribution is -2.11. The van der Waals surface area contributed by atoms with Gasteiger partial charge in [-0.05, 0) is 19.8 Å². The molecule has 0 fully saturated rings. The molecule has 0 bridgehead atoms. The minimum atomic E-state index is -0.163. The molecular weight excluding hydrogens is 176 g/mol. The maximum absolute atomic E-state index is 10.6. The van der Waals surface area contributed by atoms with Gasteiger partial charge in [0.1, 0.15) is 0 Å². The molecule has 0 aliphatic rings. The van der Waals surface area contributed by atoms with Crippen LogP contribution in [-0.4, -0.2) is 12.1 Å². The number of esters is 1. The van der Waals surface area contributed by atoms with Crippen molar-refractivity contribution in [3.63, 3.8) is 0 Å². The van der Waals surface area contributed by atoms with E-state index in [1.807, 2.05) is 6.92 Å². The molecule has 14 heavy (non-hydrogen) atoms. The van der Waals surface area contributed by atoms with Crippen LogP contribution in [0.3, 0.4) is 0 Å². The molecule has 0 saturated heterocycles. The van der Waals surface area contributed by atoms with Gasteiger partial charge in [0, 0.05) is 6.92 Å². The maximum atomic E-state index is 10.6. The highest BCUT2D eigenvalue weighted by Crippen LogP contribution is 2.10. The first kappa shape index (κ1) is 13.5. The van der Waals surface area contributed by atoms with Gasteiger partial charge < -0.3 is 4.74 Å². The Labute approximate surface area is 88.0 Å². The lowest BCUT2D eigenvalue weighted by molar-refractivity contribution is -0.145. The summed E-state index contributed by atoms with van der Waals surface area (Å²) >= 11 is 0. The van der Waals surface area contributed by atoms with Crippen LogP contribution in [0.25, 0.3) is 0 Å². The molecule has 0 N–H and O–H groups in total. The first-order valence-corrected chi connectivity index (χ1v) is 5.84. The van der Waals surface area contributed by atoms with Gasteiger partial charge in [-0.15, -0.1) is 0 Å². The van der Waals surface area contributed by atoms with E-state index in [-0.39, 0.29) is 12.1 Å². The van der Waals surface area contributed by atoms with Crippen LogP contribution in [0.5, 0.6) is 0 Å². The van der Waals surface area contributed by atoms with Gasteiger partial charge in [-0.25, -0.2) is 0 Å². The molecule has 0 saturated carbocycles. The van der Waals surface area contributed by atoms with Gasteiger partial charge in [-0.2, -0.15) is 0 Å². The average molecular weight is 200 g/mol. The Morgan fingerprint density at radius 3 is 2.29 bits per heavy atom. The minimum Gasteiger partial charge on any atom is -0.463 e. The Balaban J connectivity index is 3.14. The van der Waals surface area contributed by atoms with Crippen molar-refractivity contribution >= 4 is 5.97 Å². The summed E-state index contributed by atoms with van der Waals surface area (Å²) in [6.45, 7) is 5.66. The summed E-state index contributed by atoms with van der Waals surface area (Å²) < 4.78 is 5.04. The van der Waals surface area contributed by atoms with Crippen LogP contribution in [0.2, 0.25) is 0 Å². The second-order valence-corrected chi connectivity index (χ2v) is 3.98. The molecule has 0 amide bonds. The third kappa shape index (κ3) is 9.56. The van der Waals surface area contributed by atoms with E-state index in [0.717, 1.165) is 6.42 Å². The molecule has 0 radical (unpaired) electrons. The normalized spacial score (nSPS) is 12.5. The van der Waals surface area contributed by atoms with Crippen molar-refractivity contribution in [1.29, 1.82) is 0 Å². The zero-order valence-electron chi connectivity index (χ0n) is 9.84. The van der Waals surface area contributed by atoms with E-state index in [1.54, 1.807) is 0 Å². The van der Waals surface area contributed by atoms with Gasteiger partial charge in [0.25, 0.3) is 0 Å². The molecule has 0 aromatic heterocycles. The fraction of sp³-hybridized carbons (Fsp3) is 0.917. The van der Waals surface area contributed by atoms with E-state index in [2.05, 4.69) is 6.92 Å². The predicted molar refractivity (Wildman–Crippen MR) is 59.2 cm³/mol. The first-order valence-electron chi connectivity index (χ1n) is 5.84. The molecular formula is C12H24O2. The van der Waals surface area contributed by atoms with E-state index in [9.17, 15) is 4.79 Å². The molecule has 0 rings (SSSR count). The van der Waals surface area contributed by atoms with Crippen molar-refractivity contribution in [2.75, 3.05) is 0 Å². The van der Waals surface area contributed by atoms with Gasteiger partial charge in [0.2, 0.25) is 0 Å². The summed E-state index contributed by atoms with van der Waals surface area (Å²) in [4.78, 5) is 10.6.